The van der Waals surface area contributed by atoms with Gasteiger partial charge in [-0.15, -0.1) is 0 Å². The lowest BCUT2D eigenvalue weighted by Gasteiger charge is -2.21. The van der Waals surface area contributed by atoms with E-state index in [0.717, 1.165) is 19.3 Å². The summed E-state index contributed by atoms with van der Waals surface area (Å²) < 4.78 is 57.9. The van der Waals surface area contributed by atoms with Crippen LogP contribution in [0, 0.1) is 23.3 Å². The number of aryl methyl sites for hydroxylation is 1. The van der Waals surface area contributed by atoms with Crippen molar-refractivity contribution in [3.8, 4) is 11.1 Å². The van der Waals surface area contributed by atoms with Crippen molar-refractivity contribution in [3.63, 3.8) is 0 Å². The number of halogens is 4. The van der Waals surface area contributed by atoms with Crippen molar-refractivity contribution in [2.45, 2.75) is 45.4 Å². The highest BCUT2D eigenvalue weighted by Crippen LogP contribution is 2.35. The van der Waals surface area contributed by atoms with Gasteiger partial charge in [0.1, 0.15) is 23.3 Å². The van der Waals surface area contributed by atoms with Gasteiger partial charge < -0.3 is 0 Å². The number of benzene rings is 3. The molecule has 0 aromatic heterocycles. The Kier molecular flexibility index (Phi) is 6.26. The van der Waals surface area contributed by atoms with Crippen molar-refractivity contribution in [1.82, 2.24) is 0 Å². The first-order chi connectivity index (χ1) is 15.0. The standard InChI is InChI=1S/C27H24F4/c1-2-3-4-5-17-14-24(29)26(25(30)15-17)20-9-13-23-19(16-20)8-12-22(27(23)31)18-6-10-21(28)11-7-18/h6-12,14-15H,2-5,13,16H2,1H3. The zero-order valence-corrected chi connectivity index (χ0v) is 17.5. The third kappa shape index (κ3) is 4.43. The van der Waals surface area contributed by atoms with Gasteiger partial charge in [0, 0.05) is 11.1 Å². The van der Waals surface area contributed by atoms with Crippen LogP contribution in [0.4, 0.5) is 17.6 Å². The average molecular weight is 424 g/mol. The van der Waals surface area contributed by atoms with Gasteiger partial charge in [-0.1, -0.05) is 50.1 Å². The van der Waals surface area contributed by atoms with Gasteiger partial charge in [-0.2, -0.15) is 0 Å². The molecule has 0 N–H and O–H groups in total. The number of rotatable bonds is 6. The van der Waals surface area contributed by atoms with Gasteiger partial charge in [-0.05, 0) is 77.8 Å². The van der Waals surface area contributed by atoms with Crippen molar-refractivity contribution < 1.29 is 17.6 Å². The van der Waals surface area contributed by atoms with Crippen LogP contribution in [-0.4, -0.2) is 0 Å². The SMILES string of the molecule is CCCCCc1cc(F)c(C2=CCc3c(ccc(-c4ccc(F)cc4)c3F)C2)c(F)c1. The molecule has 0 saturated carbocycles. The van der Waals surface area contributed by atoms with E-state index in [0.29, 0.717) is 39.8 Å². The fraction of sp³-hybridized carbons (Fsp3) is 0.259. The second kappa shape index (κ2) is 9.09. The largest absolute Gasteiger partial charge is 0.207 e. The molecule has 0 bridgehead atoms. The van der Waals surface area contributed by atoms with Crippen molar-refractivity contribution in [2.75, 3.05) is 0 Å². The molecule has 160 valence electrons. The molecular formula is C27H24F4. The fourth-order valence-corrected chi connectivity index (χ4v) is 4.25. The summed E-state index contributed by atoms with van der Waals surface area (Å²) in [6, 6.07) is 11.9. The van der Waals surface area contributed by atoms with E-state index >= 15 is 4.39 Å². The number of unbranched alkanes of at least 4 members (excludes halogenated alkanes) is 2. The molecule has 0 atom stereocenters. The van der Waals surface area contributed by atoms with Gasteiger partial charge in [-0.3, -0.25) is 0 Å². The maximum Gasteiger partial charge on any atom is 0.134 e. The van der Waals surface area contributed by atoms with E-state index in [9.17, 15) is 13.2 Å². The molecule has 1 aliphatic carbocycles. The summed E-state index contributed by atoms with van der Waals surface area (Å²) in [6.45, 7) is 2.09. The van der Waals surface area contributed by atoms with Gasteiger partial charge in [-0.25, -0.2) is 17.6 Å². The second-order valence-corrected chi connectivity index (χ2v) is 8.07. The van der Waals surface area contributed by atoms with Crippen LogP contribution in [0.1, 0.15) is 48.4 Å². The Morgan fingerprint density at radius 2 is 1.55 bits per heavy atom. The normalized spacial score (nSPS) is 13.1. The van der Waals surface area contributed by atoms with Gasteiger partial charge >= 0.3 is 0 Å². The minimum atomic E-state index is -0.565. The molecule has 3 aromatic carbocycles. The van der Waals surface area contributed by atoms with Gasteiger partial charge in [0.2, 0.25) is 0 Å². The Hall–Kier alpha value is -2.88. The fourth-order valence-electron chi connectivity index (χ4n) is 4.25. The molecule has 3 aromatic rings. The van der Waals surface area contributed by atoms with Crippen molar-refractivity contribution in [1.29, 1.82) is 0 Å². The van der Waals surface area contributed by atoms with Gasteiger partial charge in [0.05, 0.1) is 0 Å². The van der Waals surface area contributed by atoms with Crippen molar-refractivity contribution in [2.24, 2.45) is 0 Å². The zero-order chi connectivity index (χ0) is 22.0. The molecular weight excluding hydrogens is 400 g/mol. The van der Waals surface area contributed by atoms with Crippen LogP contribution in [-0.2, 0) is 19.3 Å². The van der Waals surface area contributed by atoms with Crippen LogP contribution >= 0.6 is 0 Å². The first kappa shape index (κ1) is 21.4. The Morgan fingerprint density at radius 1 is 0.839 bits per heavy atom. The lowest BCUT2D eigenvalue weighted by molar-refractivity contribution is 0.570. The van der Waals surface area contributed by atoms with E-state index in [-0.39, 0.29) is 30.0 Å². The van der Waals surface area contributed by atoms with E-state index in [1.54, 1.807) is 18.2 Å². The van der Waals surface area contributed by atoms with Crippen LogP contribution < -0.4 is 0 Å². The molecule has 0 heterocycles. The van der Waals surface area contributed by atoms with E-state index in [4.69, 9.17) is 0 Å². The summed E-state index contributed by atoms with van der Waals surface area (Å²) >= 11 is 0. The lowest BCUT2D eigenvalue weighted by Crippen LogP contribution is -2.09. The third-order valence-electron chi connectivity index (χ3n) is 5.92. The Bertz CT molecular complexity index is 1100. The van der Waals surface area contributed by atoms with Crippen LogP contribution in [0.5, 0.6) is 0 Å². The highest BCUT2D eigenvalue weighted by molar-refractivity contribution is 5.74. The highest BCUT2D eigenvalue weighted by Gasteiger charge is 2.23. The molecule has 0 amide bonds. The minimum Gasteiger partial charge on any atom is -0.207 e. The molecule has 31 heavy (non-hydrogen) atoms. The molecule has 0 nitrogen and oxygen atoms in total. The van der Waals surface area contributed by atoms with Crippen LogP contribution in [0.3, 0.4) is 0 Å². The van der Waals surface area contributed by atoms with E-state index in [1.165, 1.54) is 36.4 Å². The summed E-state index contributed by atoms with van der Waals surface area (Å²) in [5, 5.41) is 0. The summed E-state index contributed by atoms with van der Waals surface area (Å²) in [4.78, 5) is 0. The quantitative estimate of drug-likeness (QED) is 0.279. The maximum atomic E-state index is 15.2. The van der Waals surface area contributed by atoms with E-state index in [1.807, 2.05) is 0 Å². The number of hydrogen-bond donors (Lipinski definition) is 0. The van der Waals surface area contributed by atoms with Gasteiger partial charge in [0.25, 0.3) is 0 Å². The molecule has 0 aliphatic heterocycles. The number of allylic oxidation sites excluding steroid dienone is 2. The maximum absolute atomic E-state index is 15.2. The summed E-state index contributed by atoms with van der Waals surface area (Å²) in [5.41, 5.74) is 3.40. The molecule has 0 spiro atoms. The summed E-state index contributed by atoms with van der Waals surface area (Å²) in [7, 11) is 0. The predicted molar refractivity (Wildman–Crippen MR) is 117 cm³/mol. The minimum absolute atomic E-state index is 0.0205. The monoisotopic (exact) mass is 424 g/mol. The summed E-state index contributed by atoms with van der Waals surface area (Å²) in [6.07, 6.45) is 5.86. The highest BCUT2D eigenvalue weighted by atomic mass is 19.1. The number of hydrogen-bond acceptors (Lipinski definition) is 0. The molecule has 0 radical (unpaired) electrons. The first-order valence-electron chi connectivity index (χ1n) is 10.7. The topological polar surface area (TPSA) is 0 Å². The second-order valence-electron chi connectivity index (χ2n) is 8.07. The zero-order valence-electron chi connectivity index (χ0n) is 17.5. The smallest absolute Gasteiger partial charge is 0.134 e. The molecule has 1 aliphatic rings. The number of fused-ring (bicyclic) bond motifs is 1. The Labute approximate surface area is 180 Å². The van der Waals surface area contributed by atoms with Crippen LogP contribution in [0.25, 0.3) is 16.7 Å². The van der Waals surface area contributed by atoms with E-state index in [2.05, 4.69) is 6.92 Å². The van der Waals surface area contributed by atoms with Crippen molar-refractivity contribution >= 4 is 5.57 Å². The lowest BCUT2D eigenvalue weighted by atomic mass is 9.85. The predicted octanol–water partition coefficient (Wildman–Crippen LogP) is 7.82. The average Bonchev–Trinajstić information content (AvgIpc) is 2.75. The van der Waals surface area contributed by atoms with Gasteiger partial charge in [0.15, 0.2) is 0 Å². The van der Waals surface area contributed by atoms with Crippen LogP contribution in [0.15, 0.2) is 54.6 Å². The first-order valence-corrected chi connectivity index (χ1v) is 10.7. The molecule has 0 saturated heterocycles. The summed E-state index contributed by atoms with van der Waals surface area (Å²) in [5.74, 6) is -1.88. The Balaban J connectivity index is 1.61. The molecule has 4 heteroatoms. The van der Waals surface area contributed by atoms with E-state index < -0.39 is 11.6 Å². The Morgan fingerprint density at radius 3 is 2.23 bits per heavy atom. The molecule has 0 unspecified atom stereocenters. The van der Waals surface area contributed by atoms with Crippen LogP contribution in [0.2, 0.25) is 0 Å². The van der Waals surface area contributed by atoms with Crippen molar-refractivity contribution in [3.05, 3.63) is 100 Å². The molecule has 4 rings (SSSR count). The molecule has 0 fully saturated rings. The third-order valence-corrected chi connectivity index (χ3v) is 5.92.